The van der Waals surface area contributed by atoms with Crippen LogP contribution in [0.25, 0.3) is 22.2 Å². The molecule has 0 saturated heterocycles. The van der Waals surface area contributed by atoms with Crippen molar-refractivity contribution in [3.8, 4) is 16.9 Å². The summed E-state index contributed by atoms with van der Waals surface area (Å²) >= 11 is 0. The lowest BCUT2D eigenvalue weighted by Gasteiger charge is -2.11. The molecule has 0 bridgehead atoms. The molecule has 0 fully saturated rings. The fourth-order valence-corrected chi connectivity index (χ4v) is 3.19. The zero-order chi connectivity index (χ0) is 18.6. The lowest BCUT2D eigenvalue weighted by Crippen LogP contribution is -2.14. The van der Waals surface area contributed by atoms with Crippen molar-refractivity contribution >= 4 is 22.6 Å². The normalized spacial score (nSPS) is 10.7. The second-order valence-electron chi connectivity index (χ2n) is 6.21. The van der Waals surface area contributed by atoms with E-state index < -0.39 is 0 Å². The molecule has 0 atom stereocenters. The molecule has 0 aliphatic rings. The number of methoxy groups -OCH3 is 1. The van der Waals surface area contributed by atoms with Gasteiger partial charge in [0.15, 0.2) is 0 Å². The highest BCUT2D eigenvalue weighted by Gasteiger charge is 2.12. The number of rotatable bonds is 5. The van der Waals surface area contributed by atoms with Gasteiger partial charge in [0.05, 0.1) is 13.5 Å². The predicted octanol–water partition coefficient (Wildman–Crippen LogP) is 4.42. The zero-order valence-corrected chi connectivity index (χ0v) is 14.9. The fraction of sp³-hybridized carbons (Fsp3) is 0.0909. The predicted molar refractivity (Wildman–Crippen MR) is 107 cm³/mol. The first-order valence-electron chi connectivity index (χ1n) is 8.69. The van der Waals surface area contributed by atoms with E-state index in [9.17, 15) is 4.79 Å². The highest BCUT2D eigenvalue weighted by molar-refractivity contribution is 5.97. The summed E-state index contributed by atoms with van der Waals surface area (Å²) in [5.41, 5.74) is 4.65. The van der Waals surface area contributed by atoms with Gasteiger partial charge in [-0.15, -0.1) is 0 Å². The molecule has 27 heavy (non-hydrogen) atoms. The van der Waals surface area contributed by atoms with E-state index >= 15 is 0 Å². The van der Waals surface area contributed by atoms with Crippen LogP contribution in [0.1, 0.15) is 5.56 Å². The molecule has 2 N–H and O–H groups in total. The van der Waals surface area contributed by atoms with Gasteiger partial charge in [0.1, 0.15) is 11.4 Å². The minimum absolute atomic E-state index is 0.0630. The Morgan fingerprint density at radius 3 is 2.67 bits per heavy atom. The van der Waals surface area contributed by atoms with Gasteiger partial charge in [0.2, 0.25) is 5.91 Å². The van der Waals surface area contributed by atoms with Crippen LogP contribution in [0, 0.1) is 0 Å². The lowest BCUT2D eigenvalue weighted by molar-refractivity contribution is -0.115. The van der Waals surface area contributed by atoms with Gasteiger partial charge in [-0.25, -0.2) is 4.98 Å². The number of anilines is 1. The van der Waals surface area contributed by atoms with Crippen molar-refractivity contribution in [3.05, 3.63) is 78.6 Å². The summed E-state index contributed by atoms with van der Waals surface area (Å²) in [6.07, 6.45) is 3.94. The van der Waals surface area contributed by atoms with E-state index in [2.05, 4.69) is 15.3 Å². The van der Waals surface area contributed by atoms with Crippen molar-refractivity contribution in [2.45, 2.75) is 6.42 Å². The molecule has 2 aromatic carbocycles. The number of nitrogens with one attached hydrogen (secondary N) is 2. The average Bonchev–Trinajstić information content (AvgIpc) is 3.18. The second-order valence-corrected chi connectivity index (χ2v) is 6.21. The van der Waals surface area contributed by atoms with Gasteiger partial charge in [0.25, 0.3) is 0 Å². The molecular weight excluding hydrogens is 338 g/mol. The smallest absolute Gasteiger partial charge is 0.228 e. The maximum atomic E-state index is 12.6. The molecule has 134 valence electrons. The summed E-state index contributed by atoms with van der Waals surface area (Å²) in [7, 11) is 1.62. The molecule has 0 saturated carbocycles. The monoisotopic (exact) mass is 357 g/mol. The zero-order valence-electron chi connectivity index (χ0n) is 14.9. The standard InChI is InChI=1S/C22H19N3O2/c1-27-17-8-6-16(7-9-17)25-21(26)14-15-4-2-3-5-18(15)19-10-12-23-22-20(19)11-13-24-22/h2-13H,14H2,1H3,(H,23,24)(H,25,26). The van der Waals surface area contributed by atoms with E-state index in [1.54, 1.807) is 13.3 Å². The molecule has 1 amide bonds. The van der Waals surface area contributed by atoms with Crippen LogP contribution in [0.15, 0.2) is 73.1 Å². The highest BCUT2D eigenvalue weighted by Crippen LogP contribution is 2.30. The van der Waals surface area contributed by atoms with Crippen LogP contribution in [0.4, 0.5) is 5.69 Å². The number of nitrogens with zero attached hydrogens (tertiary/aromatic N) is 1. The van der Waals surface area contributed by atoms with Crippen molar-refractivity contribution in [1.29, 1.82) is 0 Å². The molecule has 5 nitrogen and oxygen atoms in total. The van der Waals surface area contributed by atoms with Gasteiger partial charge in [-0.2, -0.15) is 0 Å². The number of amides is 1. The first-order chi connectivity index (χ1) is 13.2. The minimum atomic E-state index is -0.0630. The Morgan fingerprint density at radius 2 is 1.85 bits per heavy atom. The number of carbonyl (C=O) groups is 1. The quantitative estimate of drug-likeness (QED) is 0.556. The Morgan fingerprint density at radius 1 is 1.04 bits per heavy atom. The number of H-pyrrole nitrogens is 1. The Hall–Kier alpha value is -3.60. The number of hydrogen-bond donors (Lipinski definition) is 2. The van der Waals surface area contributed by atoms with E-state index in [-0.39, 0.29) is 12.3 Å². The minimum Gasteiger partial charge on any atom is -0.497 e. The molecule has 0 unspecified atom stereocenters. The van der Waals surface area contributed by atoms with E-state index in [4.69, 9.17) is 4.74 Å². The highest BCUT2D eigenvalue weighted by atomic mass is 16.5. The third-order valence-corrected chi connectivity index (χ3v) is 4.49. The number of aromatic nitrogens is 2. The fourth-order valence-electron chi connectivity index (χ4n) is 3.19. The largest absolute Gasteiger partial charge is 0.497 e. The first-order valence-corrected chi connectivity index (χ1v) is 8.69. The van der Waals surface area contributed by atoms with Crippen molar-refractivity contribution < 1.29 is 9.53 Å². The molecule has 0 aliphatic heterocycles. The molecule has 4 rings (SSSR count). The summed E-state index contributed by atoms with van der Waals surface area (Å²) in [4.78, 5) is 20.0. The number of ether oxygens (including phenoxy) is 1. The van der Waals surface area contributed by atoms with E-state index in [0.717, 1.165) is 39.2 Å². The molecule has 2 aromatic heterocycles. The van der Waals surface area contributed by atoms with Crippen LogP contribution >= 0.6 is 0 Å². The summed E-state index contributed by atoms with van der Waals surface area (Å²) < 4.78 is 5.14. The Kier molecular flexibility index (Phi) is 4.58. The van der Waals surface area contributed by atoms with Crippen LogP contribution < -0.4 is 10.1 Å². The number of fused-ring (bicyclic) bond motifs is 1. The van der Waals surface area contributed by atoms with E-state index in [1.807, 2.05) is 66.9 Å². The van der Waals surface area contributed by atoms with Crippen LogP contribution in [0.2, 0.25) is 0 Å². The molecule has 0 radical (unpaired) electrons. The van der Waals surface area contributed by atoms with E-state index in [1.165, 1.54) is 0 Å². The summed E-state index contributed by atoms with van der Waals surface area (Å²) in [5.74, 6) is 0.693. The van der Waals surface area contributed by atoms with Crippen LogP contribution in [-0.4, -0.2) is 23.0 Å². The van der Waals surface area contributed by atoms with Crippen LogP contribution in [0.5, 0.6) is 5.75 Å². The number of aromatic amines is 1. The molecular formula is C22H19N3O2. The SMILES string of the molecule is COc1ccc(NC(=O)Cc2ccccc2-c2ccnc3[nH]ccc23)cc1. The first kappa shape index (κ1) is 16.8. The number of pyridine rings is 1. The molecule has 0 aliphatic carbocycles. The lowest BCUT2D eigenvalue weighted by atomic mass is 9.96. The molecule has 0 spiro atoms. The Balaban J connectivity index is 1.59. The summed E-state index contributed by atoms with van der Waals surface area (Å²) in [6, 6.07) is 19.3. The molecule has 5 heteroatoms. The van der Waals surface area contributed by atoms with E-state index in [0.29, 0.717) is 0 Å². The van der Waals surface area contributed by atoms with Gasteiger partial charge in [-0.3, -0.25) is 4.79 Å². The third kappa shape index (κ3) is 3.53. The van der Waals surface area contributed by atoms with Gasteiger partial charge in [-0.1, -0.05) is 24.3 Å². The van der Waals surface area contributed by atoms with Crippen molar-refractivity contribution in [2.75, 3.05) is 12.4 Å². The molecule has 2 heterocycles. The van der Waals surface area contributed by atoms with Gasteiger partial charge in [-0.05, 0) is 53.1 Å². The average molecular weight is 357 g/mol. The number of carbonyl (C=O) groups excluding carboxylic acids is 1. The maximum Gasteiger partial charge on any atom is 0.228 e. The topological polar surface area (TPSA) is 67.0 Å². The third-order valence-electron chi connectivity index (χ3n) is 4.49. The number of benzene rings is 2. The van der Waals surface area contributed by atoms with Crippen LogP contribution in [0.3, 0.4) is 0 Å². The second kappa shape index (κ2) is 7.33. The van der Waals surface area contributed by atoms with Crippen molar-refractivity contribution in [2.24, 2.45) is 0 Å². The summed E-state index contributed by atoms with van der Waals surface area (Å²) in [5, 5.41) is 3.98. The van der Waals surface area contributed by atoms with Crippen molar-refractivity contribution in [1.82, 2.24) is 9.97 Å². The van der Waals surface area contributed by atoms with Crippen molar-refractivity contribution in [3.63, 3.8) is 0 Å². The molecule has 4 aromatic rings. The number of hydrogen-bond acceptors (Lipinski definition) is 3. The Bertz CT molecular complexity index is 1080. The van der Waals surface area contributed by atoms with Crippen LogP contribution in [-0.2, 0) is 11.2 Å². The van der Waals surface area contributed by atoms with Gasteiger partial charge in [0, 0.05) is 23.5 Å². The Labute approximate surface area is 157 Å². The van der Waals surface area contributed by atoms with Gasteiger partial charge < -0.3 is 15.0 Å². The summed E-state index contributed by atoms with van der Waals surface area (Å²) in [6.45, 7) is 0. The maximum absolute atomic E-state index is 12.6. The van der Waals surface area contributed by atoms with Gasteiger partial charge >= 0.3 is 0 Å².